The Morgan fingerprint density at radius 1 is 1.00 bits per heavy atom. The molecule has 2 N–H and O–H groups in total. The fraction of sp³-hybridized carbons (Fsp3) is 0.100. The number of non-ortho nitro benzene ring substituents is 1. The monoisotopic (exact) mass is 456 g/mol. The number of benzene rings is 2. The third-order valence-electron chi connectivity index (χ3n) is 4.19. The number of anilines is 2. The Hall–Kier alpha value is -4.94. The number of nitro groups is 2. The summed E-state index contributed by atoms with van der Waals surface area (Å²) in [6, 6.07) is 10.3. The van der Waals surface area contributed by atoms with Crippen LogP contribution in [0.4, 0.5) is 22.7 Å². The van der Waals surface area contributed by atoms with Crippen LogP contribution in [-0.2, 0) is 4.79 Å². The molecule has 0 aliphatic heterocycles. The molecule has 0 atom stereocenters. The molecule has 0 aliphatic carbocycles. The lowest BCUT2D eigenvalue weighted by Gasteiger charge is -2.12. The minimum atomic E-state index is -0.850. The highest BCUT2D eigenvalue weighted by atomic mass is 16.6. The molecule has 1 heterocycles. The first kappa shape index (κ1) is 22.7. The van der Waals surface area contributed by atoms with Gasteiger partial charge >= 0.3 is 5.69 Å². The number of carbonyl (C=O) groups is 2. The number of rotatable bonds is 9. The molecule has 0 aliphatic rings. The second-order valence-corrected chi connectivity index (χ2v) is 6.35. The zero-order valence-corrected chi connectivity index (χ0v) is 17.0. The molecule has 3 aromatic rings. The highest BCUT2D eigenvalue weighted by Gasteiger charge is 2.21. The third kappa shape index (κ3) is 5.61. The molecule has 0 saturated heterocycles. The number of amides is 2. The van der Waals surface area contributed by atoms with Crippen LogP contribution in [-0.4, -0.2) is 35.4 Å². The topological polar surface area (TPSA) is 176 Å². The molecule has 33 heavy (non-hydrogen) atoms. The van der Waals surface area contributed by atoms with Gasteiger partial charge in [-0.2, -0.15) is 0 Å². The Labute approximate surface area is 185 Å². The molecule has 170 valence electrons. The van der Waals surface area contributed by atoms with Crippen LogP contribution in [0.5, 0.6) is 11.5 Å². The Bertz CT molecular complexity index is 1210. The second kappa shape index (κ2) is 9.91. The van der Waals surface area contributed by atoms with Crippen LogP contribution in [0.2, 0.25) is 0 Å². The molecule has 13 nitrogen and oxygen atoms in total. The van der Waals surface area contributed by atoms with E-state index in [0.717, 1.165) is 18.2 Å². The van der Waals surface area contributed by atoms with Crippen molar-refractivity contribution in [2.24, 2.45) is 0 Å². The Morgan fingerprint density at radius 2 is 1.76 bits per heavy atom. The lowest BCUT2D eigenvalue weighted by atomic mass is 10.2. The van der Waals surface area contributed by atoms with E-state index in [2.05, 4.69) is 10.6 Å². The summed E-state index contributed by atoms with van der Waals surface area (Å²) in [4.78, 5) is 44.8. The van der Waals surface area contributed by atoms with Gasteiger partial charge in [-0.1, -0.05) is 0 Å². The van der Waals surface area contributed by atoms with Gasteiger partial charge in [-0.15, -0.1) is 0 Å². The number of hydrogen-bond acceptors (Lipinski definition) is 9. The third-order valence-corrected chi connectivity index (χ3v) is 4.19. The van der Waals surface area contributed by atoms with Crippen LogP contribution >= 0.6 is 0 Å². The lowest BCUT2D eigenvalue weighted by Crippen LogP contribution is -2.20. The predicted octanol–water partition coefficient (Wildman–Crippen LogP) is 3.37. The molecular formula is C20H16N4O9. The maximum Gasteiger partial charge on any atom is 0.317 e. The van der Waals surface area contributed by atoms with Gasteiger partial charge in [0.1, 0.15) is 5.75 Å². The molecule has 0 spiro atoms. The van der Waals surface area contributed by atoms with Crippen molar-refractivity contribution >= 4 is 34.6 Å². The van der Waals surface area contributed by atoms with Gasteiger partial charge in [0.05, 0.1) is 35.0 Å². The molecule has 2 aromatic carbocycles. The van der Waals surface area contributed by atoms with Crippen LogP contribution < -0.4 is 20.1 Å². The molecule has 2 amide bonds. The zero-order valence-electron chi connectivity index (χ0n) is 17.0. The average molecular weight is 456 g/mol. The van der Waals surface area contributed by atoms with Crippen molar-refractivity contribution in [2.45, 2.75) is 0 Å². The van der Waals surface area contributed by atoms with Gasteiger partial charge in [0.25, 0.3) is 17.5 Å². The van der Waals surface area contributed by atoms with Crippen LogP contribution in [0.25, 0.3) is 0 Å². The number of nitrogens with zero attached hydrogens (tertiary/aromatic N) is 2. The number of ether oxygens (including phenoxy) is 2. The first-order valence-electron chi connectivity index (χ1n) is 9.17. The van der Waals surface area contributed by atoms with Gasteiger partial charge in [-0.3, -0.25) is 29.8 Å². The smallest absolute Gasteiger partial charge is 0.317 e. The van der Waals surface area contributed by atoms with Crippen molar-refractivity contribution in [3.05, 3.63) is 80.8 Å². The molecule has 0 bridgehead atoms. The van der Waals surface area contributed by atoms with Crippen LogP contribution in [0.1, 0.15) is 10.6 Å². The molecule has 1 aromatic heterocycles. The molecule has 0 radical (unpaired) electrons. The normalized spacial score (nSPS) is 10.2. The van der Waals surface area contributed by atoms with Crippen LogP contribution in [0, 0.1) is 20.2 Å². The molecule has 3 rings (SSSR count). The van der Waals surface area contributed by atoms with Crippen molar-refractivity contribution < 1.29 is 33.3 Å². The van der Waals surface area contributed by atoms with Gasteiger partial charge in [0, 0.05) is 11.8 Å². The quantitative estimate of drug-likeness (QED) is 0.361. The van der Waals surface area contributed by atoms with Crippen molar-refractivity contribution in [3.63, 3.8) is 0 Å². The number of nitrogens with one attached hydrogen (secondary N) is 2. The summed E-state index contributed by atoms with van der Waals surface area (Å²) < 4.78 is 15.4. The van der Waals surface area contributed by atoms with Crippen LogP contribution in [0.3, 0.4) is 0 Å². The molecule has 0 unspecified atom stereocenters. The van der Waals surface area contributed by atoms with Crippen molar-refractivity contribution in [1.29, 1.82) is 0 Å². The molecule has 0 saturated carbocycles. The van der Waals surface area contributed by atoms with E-state index < -0.39 is 39.6 Å². The van der Waals surface area contributed by atoms with E-state index in [1.165, 1.54) is 37.6 Å². The summed E-state index contributed by atoms with van der Waals surface area (Å²) in [6.07, 6.45) is 1.35. The Balaban J connectivity index is 1.69. The van der Waals surface area contributed by atoms with E-state index in [4.69, 9.17) is 13.9 Å². The maximum absolute atomic E-state index is 12.3. The molecule has 0 fully saturated rings. The van der Waals surface area contributed by atoms with E-state index in [-0.39, 0.29) is 22.9 Å². The van der Waals surface area contributed by atoms with Gasteiger partial charge in [0.15, 0.2) is 18.1 Å². The highest BCUT2D eigenvalue weighted by molar-refractivity contribution is 6.03. The van der Waals surface area contributed by atoms with Crippen molar-refractivity contribution in [2.75, 3.05) is 24.4 Å². The summed E-state index contributed by atoms with van der Waals surface area (Å²) in [5.74, 6) is -1.11. The standard InChI is InChI=1S/C20H16N4O9/c1-31-16-6-4-12(9-14(16)22-20(26)18-3-2-8-32-18)21-19(25)11-33-17-7-5-13(23(27)28)10-15(17)24(29)30/h2-10H,11H2,1H3,(H,21,25)(H,22,26). The van der Waals surface area contributed by atoms with Crippen LogP contribution in [0.15, 0.2) is 59.2 Å². The number of furan rings is 1. The summed E-state index contributed by atoms with van der Waals surface area (Å²) in [5.41, 5.74) is -0.605. The number of carbonyl (C=O) groups excluding carboxylic acids is 2. The van der Waals surface area contributed by atoms with Crippen molar-refractivity contribution in [3.8, 4) is 11.5 Å². The lowest BCUT2D eigenvalue weighted by molar-refractivity contribution is -0.394. The Kier molecular flexibility index (Phi) is 6.83. The van der Waals surface area contributed by atoms with Gasteiger partial charge in [-0.05, 0) is 36.4 Å². The largest absolute Gasteiger partial charge is 0.495 e. The average Bonchev–Trinajstić information content (AvgIpc) is 3.33. The van der Waals surface area contributed by atoms with Crippen molar-refractivity contribution in [1.82, 2.24) is 0 Å². The molecular weight excluding hydrogens is 440 g/mol. The summed E-state index contributed by atoms with van der Waals surface area (Å²) in [5, 5.41) is 27.1. The minimum Gasteiger partial charge on any atom is -0.495 e. The van der Waals surface area contributed by atoms with Gasteiger partial charge in [0.2, 0.25) is 0 Å². The number of hydrogen-bond donors (Lipinski definition) is 2. The number of methoxy groups -OCH3 is 1. The first-order chi connectivity index (χ1) is 15.8. The maximum atomic E-state index is 12.3. The van der Waals surface area contributed by atoms with E-state index in [9.17, 15) is 29.8 Å². The van der Waals surface area contributed by atoms with E-state index in [1.807, 2.05) is 0 Å². The predicted molar refractivity (Wildman–Crippen MR) is 114 cm³/mol. The van der Waals surface area contributed by atoms with E-state index >= 15 is 0 Å². The molecule has 13 heteroatoms. The minimum absolute atomic E-state index is 0.0737. The number of nitro benzene ring substituents is 2. The fourth-order valence-electron chi connectivity index (χ4n) is 2.70. The summed E-state index contributed by atoms with van der Waals surface area (Å²) >= 11 is 0. The van der Waals surface area contributed by atoms with Gasteiger partial charge in [-0.25, -0.2) is 0 Å². The highest BCUT2D eigenvalue weighted by Crippen LogP contribution is 2.31. The summed E-state index contributed by atoms with van der Waals surface area (Å²) in [6.45, 7) is -0.612. The van der Waals surface area contributed by atoms with Gasteiger partial charge < -0.3 is 24.5 Å². The summed E-state index contributed by atoms with van der Waals surface area (Å²) in [7, 11) is 1.40. The second-order valence-electron chi connectivity index (χ2n) is 6.35. The van der Waals surface area contributed by atoms with E-state index in [0.29, 0.717) is 5.75 Å². The SMILES string of the molecule is COc1ccc(NC(=O)COc2ccc([N+](=O)[O-])cc2[N+](=O)[O-])cc1NC(=O)c1ccco1. The fourth-order valence-corrected chi connectivity index (χ4v) is 2.70. The van der Waals surface area contributed by atoms with E-state index in [1.54, 1.807) is 6.07 Å². The Morgan fingerprint density at radius 3 is 2.39 bits per heavy atom. The zero-order chi connectivity index (χ0) is 24.0. The first-order valence-corrected chi connectivity index (χ1v) is 9.17.